The number of aryl methyl sites for hydroxylation is 1. The zero-order valence-electron chi connectivity index (χ0n) is 8.68. The van der Waals surface area contributed by atoms with Crippen LogP contribution in [0, 0.1) is 0 Å². The Balaban J connectivity index is 1.98. The summed E-state index contributed by atoms with van der Waals surface area (Å²) >= 11 is 1.86. The summed E-state index contributed by atoms with van der Waals surface area (Å²) in [4.78, 5) is 1.59. The third kappa shape index (κ3) is 2.24. The first kappa shape index (κ1) is 10.3. The fraction of sp³-hybridized carbons (Fsp3) is 0.700. The van der Waals surface area contributed by atoms with Crippen LogP contribution in [0.15, 0.2) is 0 Å². The van der Waals surface area contributed by atoms with Crippen LogP contribution in [0.4, 0.5) is 4.61 Å². The van der Waals surface area contributed by atoms with E-state index in [-0.39, 0.29) is 0 Å². The largest absolute Gasteiger partial charge is 0.395 e. The average molecular weight is 226 g/mol. The maximum atomic E-state index is 5.89. The highest BCUT2D eigenvalue weighted by Crippen LogP contribution is 2.27. The Hall–Kier alpha value is -0.193. The van der Waals surface area contributed by atoms with Gasteiger partial charge in [-0.2, -0.15) is 0 Å². The van der Waals surface area contributed by atoms with E-state index in [2.05, 4.69) is 12.2 Å². The maximum absolute atomic E-state index is 5.89. The normalized spacial score (nSPS) is 20.8. The van der Waals surface area contributed by atoms with Crippen LogP contribution < -0.4 is 11.1 Å². The lowest BCUT2D eigenvalue weighted by atomic mass is 9.99. The number of rotatable bonds is 3. The van der Waals surface area contributed by atoms with Gasteiger partial charge in [0, 0.05) is 10.9 Å². The highest BCUT2D eigenvalue weighted by Gasteiger charge is 2.19. The molecule has 0 aliphatic heterocycles. The van der Waals surface area contributed by atoms with Crippen LogP contribution in [0.5, 0.6) is 0 Å². The van der Waals surface area contributed by atoms with Gasteiger partial charge in [0.15, 0.2) is 0 Å². The molecule has 4 heteroatoms. The third-order valence-corrected chi connectivity index (χ3v) is 5.89. The molecule has 2 nitrogen and oxygen atoms in total. The minimum Gasteiger partial charge on any atom is -0.395 e. The van der Waals surface area contributed by atoms with E-state index in [4.69, 9.17) is 5.73 Å². The molecule has 1 aromatic heterocycles. The molecule has 1 aromatic rings. The van der Waals surface area contributed by atoms with Crippen LogP contribution in [0.1, 0.15) is 29.8 Å². The van der Waals surface area contributed by atoms with Crippen molar-refractivity contribution < 1.29 is 0 Å². The summed E-state index contributed by atoms with van der Waals surface area (Å²) in [6.45, 7) is 3.38. The van der Waals surface area contributed by atoms with Crippen molar-refractivity contribution in [2.75, 3.05) is 12.3 Å². The zero-order valence-corrected chi connectivity index (χ0v) is 10.6. The molecule has 3 N–H and O–H groups in total. The number of anilines is 1. The quantitative estimate of drug-likeness (QED) is 0.762. The predicted octanol–water partition coefficient (Wildman–Crippen LogP) is 1.26. The monoisotopic (exact) mass is 226 g/mol. The maximum Gasteiger partial charge on any atom is 0.0686 e. The van der Waals surface area contributed by atoms with Crippen molar-refractivity contribution in [3.8, 4) is 0 Å². The Kier molecular flexibility index (Phi) is 3.36. The molecule has 78 valence electrons. The molecule has 1 heterocycles. The molecule has 0 bridgehead atoms. The van der Waals surface area contributed by atoms with Gasteiger partial charge in [-0.15, -0.1) is 11.3 Å². The van der Waals surface area contributed by atoms with E-state index in [0.717, 1.165) is 6.54 Å². The summed E-state index contributed by atoms with van der Waals surface area (Å²) < 4.78 is 1.19. The van der Waals surface area contributed by atoms with E-state index in [1.54, 1.807) is 10.1 Å². The van der Waals surface area contributed by atoms with Crippen LogP contribution in [0.3, 0.4) is 0 Å². The van der Waals surface area contributed by atoms with Gasteiger partial charge < -0.3 is 11.1 Å². The Morgan fingerprint density at radius 2 is 2.50 bits per heavy atom. The Bertz CT molecular complexity index is 311. The molecule has 0 saturated carbocycles. The summed E-state index contributed by atoms with van der Waals surface area (Å²) in [5.41, 5.74) is 5.89. The van der Waals surface area contributed by atoms with Gasteiger partial charge in [0.05, 0.1) is 13.7 Å². The Morgan fingerprint density at radius 3 is 3.29 bits per heavy atom. The summed E-state index contributed by atoms with van der Waals surface area (Å²) in [6.07, 6.45) is 5.07. The molecule has 0 radical (unpaired) electrons. The highest BCUT2D eigenvalue weighted by molar-refractivity contribution is 7.20. The first-order chi connectivity index (χ1) is 6.79. The van der Waals surface area contributed by atoms with Crippen molar-refractivity contribution in [1.82, 2.24) is 5.32 Å². The van der Waals surface area contributed by atoms with Crippen LogP contribution in [-0.4, -0.2) is 21.7 Å². The minimum atomic E-state index is 0.328. The van der Waals surface area contributed by atoms with Crippen molar-refractivity contribution in [2.24, 2.45) is 0 Å². The second-order valence-electron chi connectivity index (χ2n) is 3.99. The number of hydrogen-bond acceptors (Lipinski definition) is 3. The van der Waals surface area contributed by atoms with E-state index in [1.807, 2.05) is 11.3 Å². The van der Waals surface area contributed by atoms with E-state index < -0.39 is 0 Å². The molecule has 0 fully saturated rings. The van der Waals surface area contributed by atoms with E-state index in [0.29, 0.717) is 15.2 Å². The van der Waals surface area contributed by atoms with Crippen molar-refractivity contribution in [1.29, 1.82) is 0 Å². The van der Waals surface area contributed by atoms with Gasteiger partial charge in [-0.05, 0) is 32.2 Å². The lowest BCUT2D eigenvalue weighted by Crippen LogP contribution is -2.34. The smallest absolute Gasteiger partial charge is 0.0686 e. The molecule has 0 aromatic carbocycles. The number of nitrogens with one attached hydrogen (secondary N) is 1. The summed E-state index contributed by atoms with van der Waals surface area (Å²) in [6, 6.07) is 0.714. The SMILES string of the molecule is CCCN[C@H]1CCc2[siH]c(N)sc2C1. The molecule has 0 unspecified atom stereocenters. The summed E-state index contributed by atoms with van der Waals surface area (Å²) in [5.74, 6) is 0. The van der Waals surface area contributed by atoms with E-state index in [9.17, 15) is 0 Å². The molecular formula is C10H18N2SSi. The minimum absolute atomic E-state index is 0.328. The first-order valence-electron chi connectivity index (χ1n) is 5.40. The molecule has 1 aliphatic carbocycles. The topological polar surface area (TPSA) is 38.0 Å². The molecule has 14 heavy (non-hydrogen) atoms. The molecule has 2 rings (SSSR count). The highest BCUT2D eigenvalue weighted by atomic mass is 32.1. The van der Waals surface area contributed by atoms with E-state index >= 15 is 0 Å². The Labute approximate surface area is 91.6 Å². The summed E-state index contributed by atoms with van der Waals surface area (Å²) in [5, 5.41) is 5.31. The Morgan fingerprint density at radius 1 is 1.64 bits per heavy atom. The zero-order chi connectivity index (χ0) is 9.97. The average Bonchev–Trinajstić information content (AvgIpc) is 2.54. The standard InChI is InChI=1S/C10H18N2SSi/c1-2-5-12-7-3-4-9-8(6-7)13-10(11)14-9/h7,12,14H,2-6,11H2,1H3/t7-/m0/s1. The van der Waals surface area contributed by atoms with Crippen molar-refractivity contribution in [2.45, 2.75) is 38.6 Å². The number of nitrogen functional groups attached to an aromatic ring is 1. The van der Waals surface area contributed by atoms with Gasteiger partial charge in [-0.25, -0.2) is 0 Å². The lowest BCUT2D eigenvalue weighted by molar-refractivity contribution is 0.465. The molecule has 1 aliphatic rings. The first-order valence-corrected chi connectivity index (χ1v) is 7.37. The molecule has 1 atom stereocenters. The van der Waals surface area contributed by atoms with Gasteiger partial charge in [-0.3, -0.25) is 0 Å². The summed E-state index contributed by atoms with van der Waals surface area (Å²) in [7, 11) is 0.328. The van der Waals surface area contributed by atoms with Crippen LogP contribution in [0.2, 0.25) is 0 Å². The number of fused-ring (bicyclic) bond motifs is 1. The molecular weight excluding hydrogens is 208 g/mol. The molecule has 0 spiro atoms. The van der Waals surface area contributed by atoms with Gasteiger partial charge in [-0.1, -0.05) is 12.1 Å². The molecule has 0 amide bonds. The predicted molar refractivity (Wildman–Crippen MR) is 65.6 cm³/mol. The van der Waals surface area contributed by atoms with Crippen LogP contribution in [0.25, 0.3) is 0 Å². The second-order valence-corrected chi connectivity index (χ2v) is 7.19. The number of nitrogens with two attached hydrogens (primary N) is 1. The van der Waals surface area contributed by atoms with Crippen molar-refractivity contribution in [3.63, 3.8) is 0 Å². The fourth-order valence-corrected chi connectivity index (χ4v) is 5.23. The van der Waals surface area contributed by atoms with Crippen LogP contribution in [-0.2, 0) is 12.8 Å². The van der Waals surface area contributed by atoms with Crippen molar-refractivity contribution >= 4 is 25.1 Å². The van der Waals surface area contributed by atoms with Gasteiger partial charge in [0.1, 0.15) is 0 Å². The number of hydrogen-bond donors (Lipinski definition) is 2. The van der Waals surface area contributed by atoms with Gasteiger partial charge >= 0.3 is 0 Å². The second kappa shape index (κ2) is 4.55. The van der Waals surface area contributed by atoms with E-state index in [1.165, 1.54) is 30.3 Å². The lowest BCUT2D eigenvalue weighted by Gasteiger charge is -2.23. The fourth-order valence-electron chi connectivity index (χ4n) is 2.05. The van der Waals surface area contributed by atoms with Gasteiger partial charge in [0.2, 0.25) is 0 Å². The van der Waals surface area contributed by atoms with Crippen LogP contribution >= 0.6 is 11.3 Å². The van der Waals surface area contributed by atoms with Gasteiger partial charge in [0.25, 0.3) is 0 Å². The van der Waals surface area contributed by atoms with Crippen molar-refractivity contribution in [3.05, 3.63) is 10.1 Å². The molecule has 0 saturated heterocycles. The third-order valence-electron chi connectivity index (χ3n) is 2.79.